The Hall–Kier alpha value is -1.60. The highest BCUT2D eigenvalue weighted by Gasteiger charge is 2.27. The number of carbonyl (C=O) groups is 1. The minimum Gasteiger partial charge on any atom is -0.327 e. The molecule has 0 radical (unpaired) electrons. The Morgan fingerprint density at radius 1 is 1.30 bits per heavy atom. The number of nitrogens with zero attached hydrogens (tertiary/aromatic N) is 3. The predicted molar refractivity (Wildman–Crippen MR) is 92.6 cm³/mol. The molecular formula is C15H25ClN6O. The topological polar surface area (TPSA) is 102 Å². The lowest BCUT2D eigenvalue weighted by Crippen LogP contribution is -2.39. The van der Waals surface area contributed by atoms with Crippen molar-refractivity contribution in [2.75, 3.05) is 5.32 Å². The van der Waals surface area contributed by atoms with Crippen LogP contribution in [0.5, 0.6) is 0 Å². The minimum atomic E-state index is -0.129. The Kier molecular flexibility index (Phi) is 5.64. The van der Waals surface area contributed by atoms with Crippen molar-refractivity contribution in [1.82, 2.24) is 20.0 Å². The minimum absolute atomic E-state index is 0. The number of hydrogen-bond acceptors (Lipinski definition) is 4. The first kappa shape index (κ1) is 17.7. The number of aryl methyl sites for hydroxylation is 2. The van der Waals surface area contributed by atoms with Crippen molar-refractivity contribution in [3.63, 3.8) is 0 Å². The molecule has 7 nitrogen and oxygen atoms in total. The number of aromatic amines is 1. The number of rotatable bonds is 2. The van der Waals surface area contributed by atoms with Crippen molar-refractivity contribution in [3.8, 4) is 0 Å². The Bertz CT molecular complexity index is 679. The van der Waals surface area contributed by atoms with Gasteiger partial charge in [0.25, 0.3) is 0 Å². The van der Waals surface area contributed by atoms with Crippen molar-refractivity contribution < 1.29 is 4.79 Å². The van der Waals surface area contributed by atoms with Crippen molar-refractivity contribution in [2.45, 2.75) is 51.5 Å². The molecule has 1 amide bonds. The van der Waals surface area contributed by atoms with Crippen LogP contribution in [0, 0.1) is 12.8 Å². The summed E-state index contributed by atoms with van der Waals surface area (Å²) in [5.74, 6) is 0.485. The van der Waals surface area contributed by atoms with Gasteiger partial charge in [-0.3, -0.25) is 9.89 Å². The summed E-state index contributed by atoms with van der Waals surface area (Å²) in [4.78, 5) is 12.6. The number of nitrogens with one attached hydrogen (secondary N) is 2. The number of carbonyl (C=O) groups excluding carboxylic acids is 1. The van der Waals surface area contributed by atoms with Crippen LogP contribution in [-0.2, 0) is 11.8 Å². The SMILES string of the molecule is Cc1nn(C)c2n[nH]c(NC(=O)C3CCCCCCC3N)c12.Cl. The molecule has 4 N–H and O–H groups in total. The van der Waals surface area contributed by atoms with Crippen LogP contribution in [0.4, 0.5) is 5.82 Å². The summed E-state index contributed by atoms with van der Waals surface area (Å²) in [6.07, 6.45) is 6.36. The summed E-state index contributed by atoms with van der Waals surface area (Å²) < 4.78 is 1.71. The highest BCUT2D eigenvalue weighted by atomic mass is 35.5. The molecule has 0 saturated heterocycles. The van der Waals surface area contributed by atoms with Crippen molar-refractivity contribution >= 4 is 35.2 Å². The van der Waals surface area contributed by atoms with Gasteiger partial charge < -0.3 is 11.1 Å². The molecule has 2 aromatic heterocycles. The molecule has 2 unspecified atom stereocenters. The van der Waals surface area contributed by atoms with Crippen LogP contribution in [0.3, 0.4) is 0 Å². The first-order valence-corrected chi connectivity index (χ1v) is 8.02. The van der Waals surface area contributed by atoms with Gasteiger partial charge in [0, 0.05) is 13.1 Å². The zero-order valence-electron chi connectivity index (χ0n) is 13.6. The van der Waals surface area contributed by atoms with Gasteiger partial charge in [0.2, 0.25) is 5.91 Å². The summed E-state index contributed by atoms with van der Waals surface area (Å²) in [6, 6.07) is -0.0614. The lowest BCUT2D eigenvalue weighted by atomic mass is 9.86. The molecule has 2 atom stereocenters. The third-order valence-electron chi connectivity index (χ3n) is 4.62. The fraction of sp³-hybridized carbons (Fsp3) is 0.667. The standard InChI is InChI=1S/C15H24N6O.ClH/c1-9-12-13(18-19-14(12)21(2)20-9)17-15(22)10-7-5-3-4-6-8-11(10)16;/h10-11H,3-8,16H2,1-2H3,(H2,17,18,19,22);1H. The molecule has 2 heterocycles. The molecule has 0 bridgehead atoms. The average molecular weight is 341 g/mol. The van der Waals surface area contributed by atoms with E-state index in [-0.39, 0.29) is 30.3 Å². The van der Waals surface area contributed by atoms with Crippen molar-refractivity contribution in [2.24, 2.45) is 18.7 Å². The van der Waals surface area contributed by atoms with Gasteiger partial charge in [-0.1, -0.05) is 25.7 Å². The highest BCUT2D eigenvalue weighted by molar-refractivity contribution is 6.00. The fourth-order valence-corrected chi connectivity index (χ4v) is 3.38. The smallest absolute Gasteiger partial charge is 0.230 e. The van der Waals surface area contributed by atoms with E-state index in [1.807, 2.05) is 14.0 Å². The lowest BCUT2D eigenvalue weighted by Gasteiger charge is -2.25. The van der Waals surface area contributed by atoms with Gasteiger partial charge in [-0.05, 0) is 19.8 Å². The van der Waals surface area contributed by atoms with E-state index in [2.05, 4.69) is 20.6 Å². The van der Waals surface area contributed by atoms with Crippen LogP contribution in [-0.4, -0.2) is 31.9 Å². The third-order valence-corrected chi connectivity index (χ3v) is 4.62. The number of anilines is 1. The molecule has 2 aromatic rings. The molecule has 23 heavy (non-hydrogen) atoms. The largest absolute Gasteiger partial charge is 0.327 e. The molecule has 0 spiro atoms. The number of fused-ring (bicyclic) bond motifs is 1. The van der Waals surface area contributed by atoms with Gasteiger partial charge in [0.15, 0.2) is 5.65 Å². The monoisotopic (exact) mass is 340 g/mol. The summed E-state index contributed by atoms with van der Waals surface area (Å²) in [6.45, 7) is 1.91. The van der Waals surface area contributed by atoms with Gasteiger partial charge >= 0.3 is 0 Å². The summed E-state index contributed by atoms with van der Waals surface area (Å²) in [5.41, 5.74) is 7.82. The number of amides is 1. The molecule has 0 aromatic carbocycles. The van der Waals surface area contributed by atoms with E-state index in [9.17, 15) is 4.79 Å². The lowest BCUT2D eigenvalue weighted by molar-refractivity contribution is -0.120. The zero-order chi connectivity index (χ0) is 15.7. The Morgan fingerprint density at radius 3 is 2.74 bits per heavy atom. The van der Waals surface area contributed by atoms with Gasteiger partial charge in [-0.25, -0.2) is 4.68 Å². The number of H-pyrrole nitrogens is 1. The van der Waals surface area contributed by atoms with E-state index in [0.717, 1.165) is 42.4 Å². The molecule has 1 aliphatic rings. The zero-order valence-corrected chi connectivity index (χ0v) is 14.4. The first-order chi connectivity index (χ1) is 10.6. The number of nitrogens with two attached hydrogens (primary N) is 1. The van der Waals surface area contributed by atoms with Gasteiger partial charge in [-0.2, -0.15) is 10.2 Å². The summed E-state index contributed by atoms with van der Waals surface area (Å²) in [5, 5.41) is 15.3. The van der Waals surface area contributed by atoms with Crippen LogP contribution in [0.1, 0.15) is 44.2 Å². The molecule has 1 fully saturated rings. The maximum Gasteiger partial charge on any atom is 0.230 e. The van der Waals surface area contributed by atoms with E-state index in [1.165, 1.54) is 12.8 Å². The summed E-state index contributed by atoms with van der Waals surface area (Å²) >= 11 is 0. The van der Waals surface area contributed by atoms with Crippen LogP contribution in [0.25, 0.3) is 11.0 Å². The van der Waals surface area contributed by atoms with Gasteiger partial charge in [-0.15, -0.1) is 12.4 Å². The highest BCUT2D eigenvalue weighted by Crippen LogP contribution is 2.26. The van der Waals surface area contributed by atoms with E-state index in [0.29, 0.717) is 5.82 Å². The Labute approximate surface area is 141 Å². The van der Waals surface area contributed by atoms with Crippen LogP contribution < -0.4 is 11.1 Å². The van der Waals surface area contributed by atoms with Crippen LogP contribution in [0.15, 0.2) is 0 Å². The quantitative estimate of drug-likeness (QED) is 0.780. The van der Waals surface area contributed by atoms with Crippen molar-refractivity contribution in [3.05, 3.63) is 5.69 Å². The Balaban J connectivity index is 0.00000192. The van der Waals surface area contributed by atoms with Crippen LogP contribution >= 0.6 is 12.4 Å². The van der Waals surface area contributed by atoms with E-state index in [1.54, 1.807) is 4.68 Å². The number of aromatic nitrogens is 4. The maximum atomic E-state index is 12.6. The second-order valence-electron chi connectivity index (χ2n) is 6.26. The fourth-order valence-electron chi connectivity index (χ4n) is 3.38. The Morgan fingerprint density at radius 2 is 2.00 bits per heavy atom. The van der Waals surface area contributed by atoms with E-state index in [4.69, 9.17) is 5.73 Å². The molecule has 128 valence electrons. The molecule has 3 rings (SSSR count). The number of halogens is 1. The normalized spacial score (nSPS) is 22.2. The third kappa shape index (κ3) is 3.50. The van der Waals surface area contributed by atoms with Crippen LogP contribution in [0.2, 0.25) is 0 Å². The molecular weight excluding hydrogens is 316 g/mol. The predicted octanol–water partition coefficient (Wildman–Crippen LogP) is 2.26. The maximum absolute atomic E-state index is 12.6. The van der Waals surface area contributed by atoms with Gasteiger partial charge in [0.05, 0.1) is 17.0 Å². The van der Waals surface area contributed by atoms with E-state index >= 15 is 0 Å². The van der Waals surface area contributed by atoms with E-state index < -0.39 is 0 Å². The average Bonchev–Trinajstić information content (AvgIpc) is 2.98. The summed E-state index contributed by atoms with van der Waals surface area (Å²) in [7, 11) is 1.84. The molecule has 0 aliphatic heterocycles. The van der Waals surface area contributed by atoms with Crippen molar-refractivity contribution in [1.29, 1.82) is 0 Å². The molecule has 1 saturated carbocycles. The second-order valence-corrected chi connectivity index (χ2v) is 6.26. The second kappa shape index (κ2) is 7.31. The number of hydrogen-bond donors (Lipinski definition) is 3. The molecule has 1 aliphatic carbocycles. The molecule has 8 heteroatoms. The first-order valence-electron chi connectivity index (χ1n) is 8.02. The van der Waals surface area contributed by atoms with Gasteiger partial charge in [0.1, 0.15) is 5.82 Å².